The molecule has 1 aromatic carbocycles. The molecular formula is C21H20IN5. The molecule has 0 bridgehead atoms. The van der Waals surface area contributed by atoms with Crippen molar-refractivity contribution in [3.05, 3.63) is 53.5 Å². The Kier molecular flexibility index (Phi) is 5.56. The Morgan fingerprint density at radius 1 is 1.19 bits per heavy atom. The van der Waals surface area contributed by atoms with Crippen molar-refractivity contribution in [3.63, 3.8) is 0 Å². The number of alkyl halides is 1. The summed E-state index contributed by atoms with van der Waals surface area (Å²) in [6.07, 6.45) is 5.47. The normalized spacial score (nSPS) is 21.9. The first kappa shape index (κ1) is 18.2. The average Bonchev–Trinajstić information content (AvgIpc) is 3.14. The van der Waals surface area contributed by atoms with Gasteiger partial charge in [-0.15, -0.1) is 0 Å². The van der Waals surface area contributed by atoms with Crippen LogP contribution >= 0.6 is 22.6 Å². The standard InChI is InChI=1S/C21H20IN5/c22-13-17-3-1-2-16(12-17)4-5-18-6-7-19-15-26(10-11-27(18)19)21-20(14-23)24-8-9-25-21/h1-3,8-9,12,18-19H,6-7,10-11,13,15H2/t18-,19-/m0/s1. The van der Waals surface area contributed by atoms with E-state index in [-0.39, 0.29) is 0 Å². The summed E-state index contributed by atoms with van der Waals surface area (Å²) in [4.78, 5) is 13.3. The molecule has 0 saturated carbocycles. The Morgan fingerprint density at radius 2 is 2.07 bits per heavy atom. The van der Waals surface area contributed by atoms with Crippen LogP contribution in [-0.2, 0) is 4.43 Å². The minimum atomic E-state index is 0.317. The van der Waals surface area contributed by atoms with Gasteiger partial charge in [0.15, 0.2) is 11.5 Å². The van der Waals surface area contributed by atoms with E-state index in [1.54, 1.807) is 12.4 Å². The van der Waals surface area contributed by atoms with Crippen LogP contribution in [0, 0.1) is 23.2 Å². The highest BCUT2D eigenvalue weighted by atomic mass is 127. The number of aromatic nitrogens is 2. The van der Waals surface area contributed by atoms with Crippen molar-refractivity contribution >= 4 is 28.4 Å². The van der Waals surface area contributed by atoms with Crippen LogP contribution in [0.15, 0.2) is 36.7 Å². The molecule has 0 N–H and O–H groups in total. The van der Waals surface area contributed by atoms with Crippen LogP contribution in [0.25, 0.3) is 0 Å². The van der Waals surface area contributed by atoms with Gasteiger partial charge in [0.25, 0.3) is 0 Å². The van der Waals surface area contributed by atoms with E-state index in [4.69, 9.17) is 0 Å². The highest BCUT2D eigenvalue weighted by Crippen LogP contribution is 2.29. The van der Waals surface area contributed by atoms with Crippen LogP contribution < -0.4 is 4.90 Å². The molecule has 4 rings (SSSR count). The van der Waals surface area contributed by atoms with Crippen molar-refractivity contribution in [2.45, 2.75) is 29.4 Å². The van der Waals surface area contributed by atoms with E-state index in [2.05, 4.69) is 84.5 Å². The molecule has 0 unspecified atom stereocenters. The van der Waals surface area contributed by atoms with E-state index in [1.807, 2.05) is 0 Å². The summed E-state index contributed by atoms with van der Waals surface area (Å²) >= 11 is 2.38. The third-order valence-electron chi connectivity index (χ3n) is 5.25. The van der Waals surface area contributed by atoms with Crippen molar-refractivity contribution in [1.82, 2.24) is 14.9 Å². The SMILES string of the molecule is N#Cc1nccnc1N1CCN2[C@@H](CC[C@@H]2C#Cc2cccc(CI)c2)C1. The molecule has 2 aliphatic rings. The molecule has 2 fully saturated rings. The van der Waals surface area contributed by atoms with Gasteiger partial charge in [0.05, 0.1) is 6.04 Å². The molecule has 3 heterocycles. The van der Waals surface area contributed by atoms with Gasteiger partial charge in [-0.3, -0.25) is 4.90 Å². The summed E-state index contributed by atoms with van der Waals surface area (Å²) in [5.41, 5.74) is 2.83. The second kappa shape index (κ2) is 8.24. The molecule has 2 aromatic rings. The van der Waals surface area contributed by atoms with Gasteiger partial charge < -0.3 is 4.90 Å². The maximum absolute atomic E-state index is 9.29. The maximum Gasteiger partial charge on any atom is 0.183 e. The number of hydrogen-bond acceptors (Lipinski definition) is 5. The first-order valence-corrected chi connectivity index (χ1v) is 10.7. The predicted molar refractivity (Wildman–Crippen MR) is 114 cm³/mol. The summed E-state index contributed by atoms with van der Waals surface area (Å²) in [5, 5.41) is 9.29. The Morgan fingerprint density at radius 3 is 2.93 bits per heavy atom. The first-order valence-electron chi connectivity index (χ1n) is 9.16. The minimum Gasteiger partial charge on any atom is -0.351 e. The fraction of sp³-hybridized carbons (Fsp3) is 0.381. The number of piperazine rings is 1. The number of halogens is 1. The number of anilines is 1. The van der Waals surface area contributed by atoms with Crippen LogP contribution in [-0.4, -0.2) is 46.6 Å². The number of hydrogen-bond donors (Lipinski definition) is 0. The monoisotopic (exact) mass is 469 g/mol. The lowest BCUT2D eigenvalue weighted by Gasteiger charge is -2.39. The molecule has 136 valence electrons. The zero-order chi connectivity index (χ0) is 18.6. The van der Waals surface area contributed by atoms with Crippen molar-refractivity contribution in [2.24, 2.45) is 0 Å². The topological polar surface area (TPSA) is 56.1 Å². The largest absolute Gasteiger partial charge is 0.351 e. The fourth-order valence-electron chi connectivity index (χ4n) is 3.94. The first-order chi connectivity index (χ1) is 13.3. The van der Waals surface area contributed by atoms with Gasteiger partial charge in [0, 0.05) is 48.1 Å². The lowest BCUT2D eigenvalue weighted by molar-refractivity contribution is 0.202. The molecule has 27 heavy (non-hydrogen) atoms. The molecule has 0 amide bonds. The van der Waals surface area contributed by atoms with Gasteiger partial charge in [-0.25, -0.2) is 9.97 Å². The quantitative estimate of drug-likeness (QED) is 0.385. The van der Waals surface area contributed by atoms with Gasteiger partial charge >= 0.3 is 0 Å². The maximum atomic E-state index is 9.29. The molecule has 6 heteroatoms. The average molecular weight is 469 g/mol. The molecule has 2 atom stereocenters. The summed E-state index contributed by atoms with van der Waals surface area (Å²) in [5.74, 6) is 7.59. The van der Waals surface area contributed by atoms with E-state index in [9.17, 15) is 5.26 Å². The Hall–Kier alpha value is -2.16. The van der Waals surface area contributed by atoms with Crippen molar-refractivity contribution in [3.8, 4) is 17.9 Å². The molecule has 0 aliphatic carbocycles. The van der Waals surface area contributed by atoms with Gasteiger partial charge in [-0.05, 0) is 30.5 Å². The third kappa shape index (κ3) is 3.92. The zero-order valence-electron chi connectivity index (χ0n) is 15.0. The van der Waals surface area contributed by atoms with Crippen LogP contribution in [0.4, 0.5) is 5.82 Å². The summed E-state index contributed by atoms with van der Waals surface area (Å²) < 4.78 is 1.01. The fourth-order valence-corrected chi connectivity index (χ4v) is 4.41. The van der Waals surface area contributed by atoms with Crippen molar-refractivity contribution in [2.75, 3.05) is 24.5 Å². The second-order valence-corrected chi connectivity index (χ2v) is 7.64. The summed E-state index contributed by atoms with van der Waals surface area (Å²) in [7, 11) is 0. The van der Waals surface area contributed by atoms with Crippen LogP contribution in [0.2, 0.25) is 0 Å². The number of rotatable bonds is 2. The van der Waals surface area contributed by atoms with Crippen molar-refractivity contribution in [1.29, 1.82) is 5.26 Å². The molecule has 0 spiro atoms. The van der Waals surface area contributed by atoms with Crippen LogP contribution in [0.3, 0.4) is 0 Å². The Labute approximate surface area is 173 Å². The van der Waals surface area contributed by atoms with E-state index in [1.165, 1.54) is 5.56 Å². The van der Waals surface area contributed by atoms with E-state index in [0.29, 0.717) is 23.6 Å². The van der Waals surface area contributed by atoms with E-state index >= 15 is 0 Å². The van der Waals surface area contributed by atoms with Gasteiger partial charge in [-0.1, -0.05) is 46.6 Å². The smallest absolute Gasteiger partial charge is 0.183 e. The second-order valence-electron chi connectivity index (χ2n) is 6.87. The summed E-state index contributed by atoms with van der Waals surface area (Å²) in [6, 6.07) is 11.4. The number of nitrogens with zero attached hydrogens (tertiary/aromatic N) is 5. The highest BCUT2D eigenvalue weighted by molar-refractivity contribution is 14.1. The number of benzene rings is 1. The summed E-state index contributed by atoms with van der Waals surface area (Å²) in [6.45, 7) is 2.68. The van der Waals surface area contributed by atoms with Gasteiger partial charge in [0.2, 0.25) is 0 Å². The molecule has 5 nitrogen and oxygen atoms in total. The van der Waals surface area contributed by atoms with Crippen LogP contribution in [0.1, 0.15) is 29.7 Å². The van der Waals surface area contributed by atoms with E-state index in [0.717, 1.165) is 42.5 Å². The molecule has 2 aliphatic heterocycles. The van der Waals surface area contributed by atoms with Gasteiger partial charge in [-0.2, -0.15) is 5.26 Å². The predicted octanol–water partition coefficient (Wildman–Crippen LogP) is 2.99. The molecular weight excluding hydrogens is 449 g/mol. The number of nitriles is 1. The molecule has 2 saturated heterocycles. The van der Waals surface area contributed by atoms with Crippen molar-refractivity contribution < 1.29 is 0 Å². The third-order valence-corrected chi connectivity index (χ3v) is 6.13. The Balaban J connectivity index is 1.46. The highest BCUT2D eigenvalue weighted by Gasteiger charge is 2.37. The van der Waals surface area contributed by atoms with Crippen LogP contribution in [0.5, 0.6) is 0 Å². The van der Waals surface area contributed by atoms with E-state index < -0.39 is 0 Å². The number of fused-ring (bicyclic) bond motifs is 1. The lowest BCUT2D eigenvalue weighted by atomic mass is 10.1. The zero-order valence-corrected chi connectivity index (χ0v) is 17.1. The lowest BCUT2D eigenvalue weighted by Crippen LogP contribution is -2.52. The van der Waals surface area contributed by atoms with Gasteiger partial charge in [0.1, 0.15) is 6.07 Å². The Bertz CT molecular complexity index is 926. The molecule has 1 aromatic heterocycles. The minimum absolute atomic E-state index is 0.317. The molecule has 0 radical (unpaired) electrons.